The fourth-order valence-electron chi connectivity index (χ4n) is 5.53. The molecule has 3 aromatic rings. The van der Waals surface area contributed by atoms with Crippen molar-refractivity contribution in [2.24, 2.45) is 0 Å². The summed E-state index contributed by atoms with van der Waals surface area (Å²) >= 11 is 0. The maximum absolute atomic E-state index is 13.9. The van der Waals surface area contributed by atoms with Crippen molar-refractivity contribution in [1.82, 2.24) is 4.90 Å². The second-order valence-corrected chi connectivity index (χ2v) is 11.5. The number of carbonyl (C=O) groups is 2. The van der Waals surface area contributed by atoms with Crippen LogP contribution in [0.15, 0.2) is 85.0 Å². The number of ether oxygens (including phenoxy) is 2. The van der Waals surface area contributed by atoms with Crippen LogP contribution in [0.5, 0.6) is 11.5 Å². The highest BCUT2D eigenvalue weighted by Crippen LogP contribution is 2.51. The second-order valence-electron chi connectivity index (χ2n) is 11.5. The van der Waals surface area contributed by atoms with Gasteiger partial charge in [0.25, 0.3) is 11.5 Å². The van der Waals surface area contributed by atoms with Gasteiger partial charge in [-0.1, -0.05) is 60.7 Å². The summed E-state index contributed by atoms with van der Waals surface area (Å²) in [6.45, 7) is 3.26. The lowest BCUT2D eigenvalue weighted by atomic mass is 9.79. The summed E-state index contributed by atoms with van der Waals surface area (Å²) < 4.78 is 94.3. The van der Waals surface area contributed by atoms with E-state index in [0.717, 1.165) is 4.90 Å². The quantitative estimate of drug-likeness (QED) is 0.121. The number of halogens is 6. The Morgan fingerprint density at radius 1 is 0.917 bits per heavy atom. The minimum absolute atomic E-state index is 0.000469. The number of amides is 2. The molecule has 3 aromatic carbocycles. The summed E-state index contributed by atoms with van der Waals surface area (Å²) in [6.07, 6.45) is -6.00. The van der Waals surface area contributed by atoms with E-state index in [1.165, 1.54) is 32.3 Å². The molecule has 1 heterocycles. The maximum atomic E-state index is 13.9. The minimum atomic E-state index is -6.06. The third-order valence-electron chi connectivity index (χ3n) is 8.24. The number of methoxy groups -OCH3 is 1. The number of imide groups is 1. The number of rotatable bonds is 12. The van der Waals surface area contributed by atoms with Crippen molar-refractivity contribution >= 4 is 17.9 Å². The fraction of sp³-hybridized carbons (Fsp3) is 0.333. The average molecular weight is 676 g/mol. The van der Waals surface area contributed by atoms with E-state index in [1.807, 2.05) is 0 Å². The molecule has 4 rings (SSSR count). The summed E-state index contributed by atoms with van der Waals surface area (Å²) in [5.41, 5.74) is -6.44. The van der Waals surface area contributed by atoms with Crippen LogP contribution in [-0.2, 0) is 27.0 Å². The van der Waals surface area contributed by atoms with E-state index in [-0.39, 0.29) is 42.9 Å². The van der Waals surface area contributed by atoms with Crippen LogP contribution in [0, 0.1) is 0 Å². The van der Waals surface area contributed by atoms with Crippen LogP contribution in [0.25, 0.3) is 6.08 Å². The molecule has 0 fully saturated rings. The van der Waals surface area contributed by atoms with Crippen molar-refractivity contribution in [2.45, 2.75) is 56.5 Å². The molecule has 1 unspecified atom stereocenters. The number of allylic oxidation sites excluding steroid dienone is 1. The van der Waals surface area contributed by atoms with Gasteiger partial charge in [-0.15, -0.1) is 0 Å². The van der Waals surface area contributed by atoms with Gasteiger partial charge in [0.05, 0.1) is 19.1 Å². The normalized spacial score (nSPS) is 17.3. The van der Waals surface area contributed by atoms with Crippen LogP contribution < -0.4 is 9.47 Å². The molecule has 48 heavy (non-hydrogen) atoms. The molecule has 1 N–H and O–H groups in total. The zero-order valence-electron chi connectivity index (χ0n) is 26.5. The third-order valence-corrected chi connectivity index (χ3v) is 8.24. The lowest BCUT2D eigenvalue weighted by molar-refractivity contribution is -0.376. The Morgan fingerprint density at radius 2 is 1.56 bits per heavy atom. The molecule has 0 aliphatic carbocycles. The first-order chi connectivity index (χ1) is 22.6. The smallest absolute Gasteiger partial charge is 0.430 e. The van der Waals surface area contributed by atoms with Crippen molar-refractivity contribution in [3.05, 3.63) is 113 Å². The summed E-state index contributed by atoms with van der Waals surface area (Å²) in [6, 6.07) is 16.6. The molecule has 2 amide bonds. The lowest BCUT2D eigenvalue weighted by Gasteiger charge is -2.34. The van der Waals surface area contributed by atoms with Crippen molar-refractivity contribution in [2.75, 3.05) is 20.3 Å². The second kappa shape index (κ2) is 14.3. The summed E-state index contributed by atoms with van der Waals surface area (Å²) in [5, 5.41) is 10.2. The predicted molar refractivity (Wildman–Crippen MR) is 167 cm³/mol. The maximum Gasteiger partial charge on any atom is 0.430 e. The number of unbranched alkanes of at least 4 members (excludes halogenated alkanes) is 1. The highest BCUT2D eigenvalue weighted by Gasteiger charge is 2.71. The Kier molecular flexibility index (Phi) is 10.8. The molecule has 1 atom stereocenters. The van der Waals surface area contributed by atoms with Gasteiger partial charge in [-0.05, 0) is 67.6 Å². The minimum Gasteiger partial charge on any atom is -0.497 e. The molecule has 0 bridgehead atoms. The van der Waals surface area contributed by atoms with Crippen LogP contribution in [0.3, 0.4) is 0 Å². The number of nitrogens with zero attached hydrogens (tertiary/aromatic N) is 1. The first-order valence-electron chi connectivity index (χ1n) is 15.1. The van der Waals surface area contributed by atoms with Gasteiger partial charge in [0.15, 0.2) is 0 Å². The molecule has 0 spiro atoms. The molecule has 1 aliphatic heterocycles. The Hall–Kier alpha value is -4.58. The van der Waals surface area contributed by atoms with Gasteiger partial charge in [-0.25, -0.2) is 0 Å². The Labute approximate surface area is 274 Å². The molecule has 0 saturated heterocycles. The molecule has 1 aliphatic rings. The van der Waals surface area contributed by atoms with E-state index in [2.05, 4.69) is 0 Å². The Morgan fingerprint density at radius 3 is 2.15 bits per heavy atom. The number of aliphatic hydroxyl groups is 1. The lowest BCUT2D eigenvalue weighted by Crippen LogP contribution is -2.54. The summed E-state index contributed by atoms with van der Waals surface area (Å²) in [7, 11) is 1.52. The van der Waals surface area contributed by atoms with Crippen molar-refractivity contribution < 1.29 is 50.5 Å². The predicted octanol–water partition coefficient (Wildman–Crippen LogP) is 7.67. The van der Waals surface area contributed by atoms with Crippen molar-refractivity contribution in [3.8, 4) is 11.5 Å². The zero-order chi connectivity index (χ0) is 35.3. The first kappa shape index (κ1) is 36.3. The van der Waals surface area contributed by atoms with Gasteiger partial charge in [0, 0.05) is 30.2 Å². The molecule has 0 aromatic heterocycles. The van der Waals surface area contributed by atoms with Gasteiger partial charge in [-0.2, -0.15) is 26.3 Å². The summed E-state index contributed by atoms with van der Waals surface area (Å²) in [4.78, 5) is 27.3. The molecular formula is C36H35F6NO5. The van der Waals surface area contributed by atoms with E-state index < -0.39 is 40.7 Å². The fourth-order valence-corrected chi connectivity index (χ4v) is 5.53. The highest BCUT2D eigenvalue weighted by molar-refractivity contribution is 6.09. The molecule has 256 valence electrons. The number of hydrogen-bond donors (Lipinski definition) is 1. The largest absolute Gasteiger partial charge is 0.497 e. The van der Waals surface area contributed by atoms with E-state index in [4.69, 9.17) is 9.47 Å². The van der Waals surface area contributed by atoms with Crippen LogP contribution in [-0.4, -0.2) is 54.4 Å². The van der Waals surface area contributed by atoms with Gasteiger partial charge in [-0.3, -0.25) is 14.5 Å². The number of alkyl halides is 6. The van der Waals surface area contributed by atoms with E-state index in [0.29, 0.717) is 35.4 Å². The van der Waals surface area contributed by atoms with Crippen molar-refractivity contribution in [3.63, 3.8) is 0 Å². The van der Waals surface area contributed by atoms with E-state index in [1.54, 1.807) is 67.6 Å². The van der Waals surface area contributed by atoms with Crippen LogP contribution in [0.4, 0.5) is 26.3 Å². The Bertz CT molecular complexity index is 1650. The molecular weight excluding hydrogens is 640 g/mol. The standard InChI is InChI=1S/C36H35F6NO5/c1-4-10-25-22-28(34(46,35(37,38)39)36(40,41)42)23-26(21-24-11-6-5-7-12-24)31(25)48-20-9-8-19-43-30(44)17-18-33(2,32(43)45)27-13-15-29(47-3)16-14-27/h4-7,10-18,22-23,46H,8-9,19-21H2,1-3H3/b10-4+. The van der Waals surface area contributed by atoms with Crippen LogP contribution in [0.2, 0.25) is 0 Å². The van der Waals surface area contributed by atoms with Gasteiger partial charge >= 0.3 is 12.4 Å². The number of carbonyl (C=O) groups excluding carboxylic acids is 2. The monoisotopic (exact) mass is 675 g/mol. The van der Waals surface area contributed by atoms with Crippen LogP contribution >= 0.6 is 0 Å². The van der Waals surface area contributed by atoms with Gasteiger partial charge in [0.1, 0.15) is 11.5 Å². The van der Waals surface area contributed by atoms with Crippen LogP contribution in [0.1, 0.15) is 54.5 Å². The SMILES string of the molecule is C/C=C/c1cc(C(O)(C(F)(F)F)C(F)(F)F)cc(Cc2ccccc2)c1OCCCCN1C(=O)C=CC(C)(c2ccc(OC)cc2)C1=O. The topological polar surface area (TPSA) is 76.1 Å². The molecule has 6 nitrogen and oxygen atoms in total. The molecule has 0 radical (unpaired) electrons. The molecule has 0 saturated carbocycles. The average Bonchev–Trinajstić information content (AvgIpc) is 3.04. The van der Waals surface area contributed by atoms with E-state index in [9.17, 15) is 41.0 Å². The van der Waals surface area contributed by atoms with E-state index >= 15 is 0 Å². The highest BCUT2D eigenvalue weighted by atomic mass is 19.4. The Balaban J connectivity index is 1.57. The number of hydrogen-bond acceptors (Lipinski definition) is 5. The zero-order valence-corrected chi connectivity index (χ0v) is 26.5. The third kappa shape index (κ3) is 7.28. The van der Waals surface area contributed by atoms with Gasteiger partial charge in [0.2, 0.25) is 5.91 Å². The molecule has 12 heteroatoms. The van der Waals surface area contributed by atoms with Crippen molar-refractivity contribution in [1.29, 1.82) is 0 Å². The number of benzene rings is 3. The summed E-state index contributed by atoms with van der Waals surface area (Å²) in [5.74, 6) is -0.241. The van der Waals surface area contributed by atoms with Gasteiger partial charge < -0.3 is 14.6 Å². The first-order valence-corrected chi connectivity index (χ1v) is 15.1.